The van der Waals surface area contributed by atoms with Gasteiger partial charge in [0.05, 0.1) is 17.9 Å². The van der Waals surface area contributed by atoms with Crippen molar-refractivity contribution in [3.8, 4) is 17.2 Å². The quantitative estimate of drug-likeness (QED) is 0.921. The van der Waals surface area contributed by atoms with E-state index in [2.05, 4.69) is 5.32 Å². The molecule has 1 saturated carbocycles. The van der Waals surface area contributed by atoms with Crippen LogP contribution in [0.15, 0.2) is 34.9 Å². The molecule has 1 N–H and O–H groups in total. The molecule has 132 valence electrons. The molecular weight excluding hydrogens is 322 g/mol. The summed E-state index contributed by atoms with van der Waals surface area (Å²) >= 11 is 0. The van der Waals surface area contributed by atoms with Crippen LogP contribution >= 0.6 is 0 Å². The van der Waals surface area contributed by atoms with Crippen LogP contribution in [0, 0.1) is 6.92 Å². The first kappa shape index (κ1) is 15.9. The standard InChI is InChI=1S/C19H21NO5/c1-12-16(8-9-22-12)19(21)20-13-2-4-14(5-3-13)25-15-6-7-17-18(10-15)24-11-23-17/h6-10,13-14H,2-5,11H2,1H3,(H,20,21). The molecule has 0 unspecified atom stereocenters. The zero-order valence-corrected chi connectivity index (χ0v) is 14.1. The molecule has 0 radical (unpaired) electrons. The predicted molar refractivity (Wildman–Crippen MR) is 90.1 cm³/mol. The molecule has 1 fully saturated rings. The minimum Gasteiger partial charge on any atom is -0.490 e. The number of aryl methyl sites for hydroxylation is 1. The molecule has 1 aromatic carbocycles. The number of carbonyl (C=O) groups is 1. The number of amides is 1. The van der Waals surface area contributed by atoms with Crippen molar-refractivity contribution < 1.29 is 23.4 Å². The smallest absolute Gasteiger partial charge is 0.255 e. The van der Waals surface area contributed by atoms with Crippen LogP contribution in [0.25, 0.3) is 0 Å². The van der Waals surface area contributed by atoms with Crippen molar-refractivity contribution in [1.29, 1.82) is 0 Å². The lowest BCUT2D eigenvalue weighted by Crippen LogP contribution is -2.39. The average molecular weight is 343 g/mol. The molecule has 0 atom stereocenters. The third-order valence-electron chi connectivity index (χ3n) is 4.76. The van der Waals surface area contributed by atoms with Gasteiger partial charge in [-0.05, 0) is 50.8 Å². The molecule has 1 aliphatic carbocycles. The summed E-state index contributed by atoms with van der Waals surface area (Å²) in [6.07, 6.45) is 5.31. The summed E-state index contributed by atoms with van der Waals surface area (Å²) in [6.45, 7) is 2.06. The van der Waals surface area contributed by atoms with E-state index >= 15 is 0 Å². The number of furan rings is 1. The summed E-state index contributed by atoms with van der Waals surface area (Å²) in [5, 5.41) is 3.09. The number of benzene rings is 1. The summed E-state index contributed by atoms with van der Waals surface area (Å²) in [7, 11) is 0. The highest BCUT2D eigenvalue weighted by Gasteiger charge is 2.25. The van der Waals surface area contributed by atoms with Gasteiger partial charge in [0, 0.05) is 12.1 Å². The first-order chi connectivity index (χ1) is 12.2. The lowest BCUT2D eigenvalue weighted by atomic mass is 9.92. The van der Waals surface area contributed by atoms with Gasteiger partial charge in [0.2, 0.25) is 6.79 Å². The summed E-state index contributed by atoms with van der Waals surface area (Å²) in [4.78, 5) is 12.2. The highest BCUT2D eigenvalue weighted by Crippen LogP contribution is 2.36. The normalized spacial score (nSPS) is 21.8. The molecular formula is C19H21NO5. The van der Waals surface area contributed by atoms with Gasteiger partial charge >= 0.3 is 0 Å². The van der Waals surface area contributed by atoms with E-state index in [4.69, 9.17) is 18.6 Å². The number of rotatable bonds is 4. The Morgan fingerprint density at radius 3 is 2.68 bits per heavy atom. The Balaban J connectivity index is 1.28. The molecule has 1 amide bonds. The van der Waals surface area contributed by atoms with E-state index in [-0.39, 0.29) is 24.8 Å². The lowest BCUT2D eigenvalue weighted by Gasteiger charge is -2.29. The first-order valence-electron chi connectivity index (χ1n) is 8.60. The number of hydrogen-bond donors (Lipinski definition) is 1. The first-order valence-corrected chi connectivity index (χ1v) is 8.60. The molecule has 1 aliphatic heterocycles. The van der Waals surface area contributed by atoms with Crippen LogP contribution in [0.4, 0.5) is 0 Å². The fraction of sp³-hybridized carbons (Fsp3) is 0.421. The van der Waals surface area contributed by atoms with E-state index in [0.29, 0.717) is 11.3 Å². The summed E-state index contributed by atoms with van der Waals surface area (Å²) in [5.74, 6) is 2.87. The van der Waals surface area contributed by atoms with E-state index in [1.54, 1.807) is 19.3 Å². The Morgan fingerprint density at radius 2 is 1.92 bits per heavy atom. The maximum Gasteiger partial charge on any atom is 0.255 e. The molecule has 0 saturated heterocycles. The van der Waals surface area contributed by atoms with Crippen LogP contribution in [0.2, 0.25) is 0 Å². The predicted octanol–water partition coefficient (Wildman–Crippen LogP) is 3.44. The number of ether oxygens (including phenoxy) is 3. The Labute approximate surface area is 146 Å². The Kier molecular flexibility index (Phi) is 4.26. The molecule has 4 rings (SSSR count). The van der Waals surface area contributed by atoms with Crippen LogP contribution in [-0.4, -0.2) is 24.8 Å². The molecule has 25 heavy (non-hydrogen) atoms. The zero-order valence-electron chi connectivity index (χ0n) is 14.1. The maximum atomic E-state index is 12.2. The van der Waals surface area contributed by atoms with Crippen LogP contribution in [0.3, 0.4) is 0 Å². The van der Waals surface area contributed by atoms with Gasteiger partial charge in [-0.2, -0.15) is 0 Å². The van der Waals surface area contributed by atoms with E-state index in [0.717, 1.165) is 42.9 Å². The van der Waals surface area contributed by atoms with Gasteiger partial charge in [0.15, 0.2) is 11.5 Å². The molecule has 1 aromatic heterocycles. The van der Waals surface area contributed by atoms with Crippen LogP contribution in [0.5, 0.6) is 17.2 Å². The monoisotopic (exact) mass is 343 g/mol. The van der Waals surface area contributed by atoms with Crippen LogP contribution < -0.4 is 19.5 Å². The summed E-state index contributed by atoms with van der Waals surface area (Å²) in [6, 6.07) is 7.54. The fourth-order valence-corrected chi connectivity index (χ4v) is 3.35. The number of carbonyl (C=O) groups excluding carboxylic acids is 1. The molecule has 6 heteroatoms. The minimum atomic E-state index is -0.0635. The highest BCUT2D eigenvalue weighted by atomic mass is 16.7. The number of hydrogen-bond acceptors (Lipinski definition) is 5. The van der Waals surface area contributed by atoms with E-state index in [9.17, 15) is 4.79 Å². The molecule has 6 nitrogen and oxygen atoms in total. The van der Waals surface area contributed by atoms with Crippen molar-refractivity contribution in [2.75, 3.05) is 6.79 Å². The Bertz CT molecular complexity index is 761. The molecule has 2 aromatic rings. The molecule has 2 aliphatic rings. The van der Waals surface area contributed by atoms with Crippen molar-refractivity contribution in [1.82, 2.24) is 5.32 Å². The van der Waals surface area contributed by atoms with Crippen molar-refractivity contribution in [3.63, 3.8) is 0 Å². The third-order valence-corrected chi connectivity index (χ3v) is 4.76. The third kappa shape index (κ3) is 3.43. The van der Waals surface area contributed by atoms with Gasteiger partial charge in [-0.3, -0.25) is 4.79 Å². The van der Waals surface area contributed by atoms with Gasteiger partial charge in [-0.15, -0.1) is 0 Å². The SMILES string of the molecule is Cc1occc1C(=O)NC1CCC(Oc2ccc3c(c2)OCO3)CC1. The zero-order chi connectivity index (χ0) is 17.2. The largest absolute Gasteiger partial charge is 0.490 e. The fourth-order valence-electron chi connectivity index (χ4n) is 3.35. The summed E-state index contributed by atoms with van der Waals surface area (Å²) < 4.78 is 21.9. The highest BCUT2D eigenvalue weighted by molar-refractivity contribution is 5.95. The van der Waals surface area contributed by atoms with Gasteiger partial charge < -0.3 is 23.9 Å². The Morgan fingerprint density at radius 1 is 1.12 bits per heavy atom. The topological polar surface area (TPSA) is 69.9 Å². The van der Waals surface area contributed by atoms with Crippen molar-refractivity contribution in [2.45, 2.75) is 44.8 Å². The number of nitrogens with one attached hydrogen (secondary N) is 1. The van der Waals surface area contributed by atoms with Gasteiger partial charge in [0.25, 0.3) is 5.91 Å². The maximum absolute atomic E-state index is 12.2. The molecule has 0 spiro atoms. The second-order valence-corrected chi connectivity index (χ2v) is 6.47. The van der Waals surface area contributed by atoms with Gasteiger partial charge in [0.1, 0.15) is 11.5 Å². The van der Waals surface area contributed by atoms with Crippen LogP contribution in [-0.2, 0) is 0 Å². The second-order valence-electron chi connectivity index (χ2n) is 6.47. The van der Waals surface area contributed by atoms with Crippen molar-refractivity contribution in [2.24, 2.45) is 0 Å². The second kappa shape index (κ2) is 6.70. The molecule has 2 heterocycles. The van der Waals surface area contributed by atoms with Crippen LogP contribution in [0.1, 0.15) is 41.8 Å². The summed E-state index contributed by atoms with van der Waals surface area (Å²) in [5.41, 5.74) is 0.610. The van der Waals surface area contributed by atoms with Crippen molar-refractivity contribution >= 4 is 5.91 Å². The average Bonchev–Trinajstić information content (AvgIpc) is 3.25. The number of fused-ring (bicyclic) bond motifs is 1. The minimum absolute atomic E-state index is 0.0635. The van der Waals surface area contributed by atoms with Gasteiger partial charge in [-0.1, -0.05) is 0 Å². The molecule has 0 bridgehead atoms. The van der Waals surface area contributed by atoms with E-state index in [1.807, 2.05) is 18.2 Å². The Hall–Kier alpha value is -2.63. The van der Waals surface area contributed by atoms with E-state index < -0.39 is 0 Å². The van der Waals surface area contributed by atoms with E-state index in [1.165, 1.54) is 0 Å². The van der Waals surface area contributed by atoms with Crippen molar-refractivity contribution in [3.05, 3.63) is 41.9 Å². The van der Waals surface area contributed by atoms with Gasteiger partial charge in [-0.25, -0.2) is 0 Å². The lowest BCUT2D eigenvalue weighted by molar-refractivity contribution is 0.0892.